The molecule has 0 rings (SSSR count). The third kappa shape index (κ3) is 5.35. The highest BCUT2D eigenvalue weighted by molar-refractivity contribution is 5.67. The summed E-state index contributed by atoms with van der Waals surface area (Å²) in [5.74, 6) is -0.564. The molecule has 0 aliphatic heterocycles. The Labute approximate surface area is 61.6 Å². The number of carboxylic acids is 1. The first-order chi connectivity index (χ1) is 4.66. The molecule has 1 N–H and O–H groups in total. The van der Waals surface area contributed by atoms with Gasteiger partial charge in [0.25, 0.3) is 0 Å². The van der Waals surface area contributed by atoms with Crippen LogP contribution in [-0.4, -0.2) is 11.1 Å². The number of carboxylic acid groups (broad SMARTS) is 1. The lowest BCUT2D eigenvalue weighted by atomic mass is 10.1. The largest absolute Gasteiger partial charge is 0.481 e. The topological polar surface area (TPSA) is 37.3 Å². The lowest BCUT2D eigenvalue weighted by Gasteiger charge is -1.98. The van der Waals surface area contributed by atoms with Crippen molar-refractivity contribution in [3.8, 4) is 0 Å². The first-order valence-corrected chi connectivity index (χ1v) is 3.55. The maximum absolute atomic E-state index is 10.1. The lowest BCUT2D eigenvalue weighted by Crippen LogP contribution is -2.00. The zero-order valence-corrected chi connectivity index (χ0v) is 6.50. The molecule has 0 unspecified atom stereocenters. The van der Waals surface area contributed by atoms with E-state index >= 15 is 0 Å². The maximum atomic E-state index is 10.1. The van der Waals surface area contributed by atoms with Crippen molar-refractivity contribution < 1.29 is 9.90 Å². The van der Waals surface area contributed by atoms with Gasteiger partial charge < -0.3 is 5.11 Å². The van der Waals surface area contributed by atoms with Crippen LogP contribution in [0, 0.1) is 5.92 Å². The summed E-state index contributed by atoms with van der Waals surface area (Å²) >= 11 is 0. The summed E-state index contributed by atoms with van der Waals surface area (Å²) in [6.45, 7) is 3.93. The molecule has 58 valence electrons. The van der Waals surface area contributed by atoms with Gasteiger partial charge >= 0.3 is 5.97 Å². The van der Waals surface area contributed by atoms with E-state index < -0.39 is 5.97 Å². The fourth-order valence-corrected chi connectivity index (χ4v) is 0.712. The van der Waals surface area contributed by atoms with Gasteiger partial charge in [0.05, 0.1) is 6.42 Å². The number of hydrogen-bond acceptors (Lipinski definition) is 1. The minimum atomic E-state index is -0.728. The molecule has 1 atom stereocenters. The van der Waals surface area contributed by atoms with Crippen molar-refractivity contribution in [2.24, 2.45) is 5.92 Å². The van der Waals surface area contributed by atoms with Crippen LogP contribution in [0.15, 0.2) is 12.2 Å². The van der Waals surface area contributed by atoms with Gasteiger partial charge in [-0.05, 0) is 12.3 Å². The van der Waals surface area contributed by atoms with Gasteiger partial charge in [-0.1, -0.05) is 26.0 Å². The molecule has 0 aliphatic carbocycles. The molecule has 0 aromatic heterocycles. The van der Waals surface area contributed by atoms with Gasteiger partial charge in [-0.3, -0.25) is 4.79 Å². The predicted octanol–water partition coefficient (Wildman–Crippen LogP) is 2.06. The molecule has 0 saturated heterocycles. The molecule has 0 saturated carbocycles. The average Bonchev–Trinajstić information content (AvgIpc) is 1.82. The Morgan fingerprint density at radius 3 is 2.70 bits per heavy atom. The molecule has 0 amide bonds. The van der Waals surface area contributed by atoms with Crippen molar-refractivity contribution in [1.82, 2.24) is 0 Å². The zero-order chi connectivity index (χ0) is 7.98. The fraction of sp³-hybridized carbons (Fsp3) is 0.625. The van der Waals surface area contributed by atoms with Crippen LogP contribution in [0.4, 0.5) is 0 Å². The van der Waals surface area contributed by atoms with E-state index in [0.717, 1.165) is 6.42 Å². The first-order valence-electron chi connectivity index (χ1n) is 3.55. The van der Waals surface area contributed by atoms with Crippen LogP contribution in [-0.2, 0) is 4.79 Å². The Kier molecular flexibility index (Phi) is 4.63. The van der Waals surface area contributed by atoms with E-state index in [0.29, 0.717) is 0 Å². The quantitative estimate of drug-likeness (QED) is 0.610. The second kappa shape index (κ2) is 5.03. The number of hydrogen-bond donors (Lipinski definition) is 1. The van der Waals surface area contributed by atoms with Gasteiger partial charge in [-0.25, -0.2) is 0 Å². The monoisotopic (exact) mass is 142 g/mol. The van der Waals surface area contributed by atoms with Crippen molar-refractivity contribution in [3.63, 3.8) is 0 Å². The molecule has 0 bridgehead atoms. The summed E-state index contributed by atoms with van der Waals surface area (Å²) in [6, 6.07) is 0. The van der Waals surface area contributed by atoms with Gasteiger partial charge in [0.1, 0.15) is 0 Å². The van der Waals surface area contributed by atoms with E-state index in [1.807, 2.05) is 26.0 Å². The molecule has 10 heavy (non-hydrogen) atoms. The number of carbonyl (C=O) groups is 1. The highest BCUT2D eigenvalue weighted by Gasteiger charge is 2.01. The third-order valence-electron chi connectivity index (χ3n) is 1.20. The Balaban J connectivity index is 3.52. The van der Waals surface area contributed by atoms with Crippen LogP contribution in [0.3, 0.4) is 0 Å². The highest BCUT2D eigenvalue weighted by Crippen LogP contribution is 2.03. The SMILES string of the molecule is CC/C=C/[C@H](C)CC(=O)O. The number of aliphatic carboxylic acids is 1. The first kappa shape index (κ1) is 9.21. The maximum Gasteiger partial charge on any atom is 0.303 e. The second-order valence-corrected chi connectivity index (χ2v) is 2.41. The van der Waals surface area contributed by atoms with Gasteiger partial charge in [0, 0.05) is 0 Å². The van der Waals surface area contributed by atoms with Crippen molar-refractivity contribution in [1.29, 1.82) is 0 Å². The van der Waals surface area contributed by atoms with Crippen molar-refractivity contribution in [2.45, 2.75) is 26.7 Å². The Bertz CT molecular complexity index is 127. The smallest absolute Gasteiger partial charge is 0.303 e. The van der Waals surface area contributed by atoms with Crippen LogP contribution in [0.2, 0.25) is 0 Å². The molecule has 0 radical (unpaired) electrons. The van der Waals surface area contributed by atoms with Crippen LogP contribution < -0.4 is 0 Å². The van der Waals surface area contributed by atoms with Gasteiger partial charge in [-0.2, -0.15) is 0 Å². The van der Waals surface area contributed by atoms with Crippen LogP contribution in [0.25, 0.3) is 0 Å². The minimum absolute atomic E-state index is 0.164. The summed E-state index contributed by atoms with van der Waals surface area (Å²) in [6.07, 6.45) is 5.14. The van der Waals surface area contributed by atoms with E-state index in [2.05, 4.69) is 0 Å². The number of rotatable bonds is 4. The van der Waals surface area contributed by atoms with Crippen molar-refractivity contribution in [3.05, 3.63) is 12.2 Å². The lowest BCUT2D eigenvalue weighted by molar-refractivity contribution is -0.137. The summed E-state index contributed by atoms with van der Waals surface area (Å²) in [5, 5.41) is 8.35. The number of allylic oxidation sites excluding steroid dienone is 2. The van der Waals surface area contributed by atoms with Crippen molar-refractivity contribution in [2.75, 3.05) is 0 Å². The molecule has 0 heterocycles. The summed E-state index contributed by atoms with van der Waals surface area (Å²) in [4.78, 5) is 10.1. The molecule has 2 heteroatoms. The van der Waals surface area contributed by atoms with E-state index in [9.17, 15) is 4.79 Å². The van der Waals surface area contributed by atoms with Crippen LogP contribution >= 0.6 is 0 Å². The molecule has 0 spiro atoms. The van der Waals surface area contributed by atoms with E-state index in [-0.39, 0.29) is 12.3 Å². The molecular formula is C8H14O2. The average molecular weight is 142 g/mol. The zero-order valence-electron chi connectivity index (χ0n) is 6.50. The van der Waals surface area contributed by atoms with Gasteiger partial charge in [0.2, 0.25) is 0 Å². The molecule has 0 aliphatic rings. The Morgan fingerprint density at radius 1 is 1.70 bits per heavy atom. The van der Waals surface area contributed by atoms with E-state index in [1.54, 1.807) is 0 Å². The molecule has 0 aromatic rings. The molecule has 0 aromatic carbocycles. The van der Waals surface area contributed by atoms with E-state index in [1.165, 1.54) is 0 Å². The second-order valence-electron chi connectivity index (χ2n) is 2.41. The van der Waals surface area contributed by atoms with E-state index in [4.69, 9.17) is 5.11 Å². The third-order valence-corrected chi connectivity index (χ3v) is 1.20. The van der Waals surface area contributed by atoms with Gasteiger partial charge in [0.15, 0.2) is 0 Å². The summed E-state index contributed by atoms with van der Waals surface area (Å²) in [7, 11) is 0. The molecule has 2 nitrogen and oxygen atoms in total. The van der Waals surface area contributed by atoms with Crippen LogP contribution in [0.5, 0.6) is 0 Å². The van der Waals surface area contributed by atoms with Crippen molar-refractivity contribution >= 4 is 5.97 Å². The normalized spacial score (nSPS) is 13.8. The fourth-order valence-electron chi connectivity index (χ4n) is 0.712. The Morgan fingerprint density at radius 2 is 2.30 bits per heavy atom. The minimum Gasteiger partial charge on any atom is -0.481 e. The van der Waals surface area contributed by atoms with Crippen LogP contribution in [0.1, 0.15) is 26.7 Å². The predicted molar refractivity (Wildman–Crippen MR) is 40.8 cm³/mol. The standard InChI is InChI=1S/C8H14O2/c1-3-4-5-7(2)6-8(9)10/h4-5,7H,3,6H2,1-2H3,(H,9,10)/b5-4+/t7-/m0/s1. The molecule has 0 fully saturated rings. The highest BCUT2D eigenvalue weighted by atomic mass is 16.4. The van der Waals surface area contributed by atoms with Gasteiger partial charge in [-0.15, -0.1) is 0 Å². The summed E-state index contributed by atoms with van der Waals surface area (Å²) < 4.78 is 0. The summed E-state index contributed by atoms with van der Waals surface area (Å²) in [5.41, 5.74) is 0. The molecular weight excluding hydrogens is 128 g/mol. The Hall–Kier alpha value is -0.790.